The van der Waals surface area contributed by atoms with Crippen LogP contribution >= 0.6 is 34.8 Å². The summed E-state index contributed by atoms with van der Waals surface area (Å²) in [6.45, 7) is 3.93. The first-order valence-electron chi connectivity index (χ1n) is 11.1. The lowest BCUT2D eigenvalue weighted by molar-refractivity contribution is 0.0921. The van der Waals surface area contributed by atoms with Crippen LogP contribution in [0, 0.1) is 6.92 Å². The first kappa shape index (κ1) is 23.9. The fraction of sp³-hybridized carbons (Fsp3) is 0.308. The van der Waals surface area contributed by atoms with Gasteiger partial charge in [0, 0.05) is 21.7 Å². The average Bonchev–Trinajstić information content (AvgIpc) is 3.13. The molecule has 4 rings (SSSR count). The topological polar surface area (TPSA) is 46.9 Å². The predicted octanol–water partition coefficient (Wildman–Crippen LogP) is 7.76. The van der Waals surface area contributed by atoms with Crippen LogP contribution < -0.4 is 5.32 Å². The summed E-state index contributed by atoms with van der Waals surface area (Å²) >= 11 is 18.7. The van der Waals surface area contributed by atoms with E-state index < -0.39 is 0 Å². The highest BCUT2D eigenvalue weighted by Gasteiger charge is 2.25. The summed E-state index contributed by atoms with van der Waals surface area (Å²) in [5, 5.41) is 9.60. The molecule has 0 aliphatic heterocycles. The molecule has 0 saturated heterocycles. The SMILES string of the molecule is C/C(=C\c1ccc(Cl)cc1)c1c(C)c(C(=O)NC2CCCCC2)nn1-c1ccc(Cl)cc1Cl. The van der Waals surface area contributed by atoms with E-state index in [9.17, 15) is 4.79 Å². The normalized spacial score (nSPS) is 15.0. The summed E-state index contributed by atoms with van der Waals surface area (Å²) in [5.74, 6) is -0.149. The van der Waals surface area contributed by atoms with E-state index in [1.807, 2.05) is 50.3 Å². The van der Waals surface area contributed by atoms with Crippen LogP contribution in [-0.2, 0) is 0 Å². The molecule has 1 aliphatic carbocycles. The number of hydrogen-bond acceptors (Lipinski definition) is 2. The van der Waals surface area contributed by atoms with Crippen molar-refractivity contribution in [1.29, 1.82) is 0 Å². The van der Waals surface area contributed by atoms with Crippen molar-refractivity contribution in [3.63, 3.8) is 0 Å². The molecule has 33 heavy (non-hydrogen) atoms. The number of halogens is 3. The molecule has 2 aromatic carbocycles. The highest BCUT2D eigenvalue weighted by atomic mass is 35.5. The third kappa shape index (κ3) is 5.46. The maximum atomic E-state index is 13.2. The highest BCUT2D eigenvalue weighted by molar-refractivity contribution is 6.35. The lowest BCUT2D eigenvalue weighted by Crippen LogP contribution is -2.36. The molecule has 1 saturated carbocycles. The molecule has 1 fully saturated rings. The Bertz CT molecular complexity index is 1190. The number of amides is 1. The van der Waals surface area contributed by atoms with Gasteiger partial charge in [0.1, 0.15) is 0 Å². The zero-order chi connectivity index (χ0) is 23.5. The lowest BCUT2D eigenvalue weighted by Gasteiger charge is -2.22. The quantitative estimate of drug-likeness (QED) is 0.387. The van der Waals surface area contributed by atoms with Crippen LogP contribution in [0.4, 0.5) is 0 Å². The molecule has 172 valence electrons. The molecular formula is C26H26Cl3N3O. The molecule has 0 radical (unpaired) electrons. The molecular weight excluding hydrogens is 477 g/mol. The lowest BCUT2D eigenvalue weighted by atomic mass is 9.95. The number of benzene rings is 2. The van der Waals surface area contributed by atoms with Crippen molar-refractivity contribution < 1.29 is 4.79 Å². The van der Waals surface area contributed by atoms with Crippen molar-refractivity contribution >= 4 is 52.4 Å². The molecule has 3 aromatic rings. The summed E-state index contributed by atoms with van der Waals surface area (Å²) < 4.78 is 1.74. The van der Waals surface area contributed by atoms with E-state index in [4.69, 9.17) is 39.9 Å². The summed E-state index contributed by atoms with van der Waals surface area (Å²) in [6.07, 6.45) is 7.59. The largest absolute Gasteiger partial charge is 0.348 e. The fourth-order valence-electron chi connectivity index (χ4n) is 4.38. The second-order valence-electron chi connectivity index (χ2n) is 8.52. The van der Waals surface area contributed by atoms with Crippen molar-refractivity contribution in [2.24, 2.45) is 0 Å². The smallest absolute Gasteiger partial charge is 0.272 e. The number of aromatic nitrogens is 2. The van der Waals surface area contributed by atoms with Gasteiger partial charge in [-0.2, -0.15) is 5.10 Å². The summed E-state index contributed by atoms with van der Waals surface area (Å²) in [4.78, 5) is 13.2. The monoisotopic (exact) mass is 501 g/mol. The number of carbonyl (C=O) groups is 1. The van der Waals surface area contributed by atoms with Gasteiger partial charge in [-0.15, -0.1) is 0 Å². The molecule has 0 bridgehead atoms. The third-order valence-electron chi connectivity index (χ3n) is 6.04. The minimum Gasteiger partial charge on any atom is -0.348 e. The molecule has 0 spiro atoms. The van der Waals surface area contributed by atoms with E-state index in [1.54, 1.807) is 16.8 Å². The van der Waals surface area contributed by atoms with E-state index >= 15 is 0 Å². The number of carbonyl (C=O) groups excluding carboxylic acids is 1. The molecule has 7 heteroatoms. The van der Waals surface area contributed by atoms with Crippen molar-refractivity contribution in [3.8, 4) is 5.69 Å². The Balaban J connectivity index is 1.78. The molecule has 1 N–H and O–H groups in total. The van der Waals surface area contributed by atoms with Crippen LogP contribution in [0.5, 0.6) is 0 Å². The molecule has 1 aromatic heterocycles. The van der Waals surface area contributed by atoms with Gasteiger partial charge in [-0.3, -0.25) is 4.79 Å². The van der Waals surface area contributed by atoms with Gasteiger partial charge in [-0.1, -0.05) is 66.2 Å². The van der Waals surface area contributed by atoms with Crippen molar-refractivity contribution in [3.05, 3.63) is 80.0 Å². The van der Waals surface area contributed by atoms with Crippen LogP contribution in [-0.4, -0.2) is 21.7 Å². The Labute approximate surface area is 209 Å². The number of hydrogen-bond donors (Lipinski definition) is 1. The summed E-state index contributed by atoms with van der Waals surface area (Å²) in [7, 11) is 0. The van der Waals surface area contributed by atoms with Gasteiger partial charge < -0.3 is 5.32 Å². The van der Waals surface area contributed by atoms with Crippen molar-refractivity contribution in [1.82, 2.24) is 15.1 Å². The van der Waals surface area contributed by atoms with Crippen LogP contribution in [0.25, 0.3) is 17.3 Å². The number of nitrogens with zero attached hydrogens (tertiary/aromatic N) is 2. The van der Waals surface area contributed by atoms with Gasteiger partial charge in [0.2, 0.25) is 0 Å². The Hall–Kier alpha value is -2.27. The second kappa shape index (κ2) is 10.3. The summed E-state index contributed by atoms with van der Waals surface area (Å²) in [5.41, 5.74) is 4.65. The number of rotatable bonds is 5. The molecule has 1 aliphatic rings. The zero-order valence-electron chi connectivity index (χ0n) is 18.7. The van der Waals surface area contributed by atoms with Gasteiger partial charge in [0.15, 0.2) is 5.69 Å². The van der Waals surface area contributed by atoms with E-state index in [-0.39, 0.29) is 11.9 Å². The molecule has 1 amide bonds. The number of allylic oxidation sites excluding steroid dienone is 1. The van der Waals surface area contributed by atoms with Crippen LogP contribution in [0.3, 0.4) is 0 Å². The van der Waals surface area contributed by atoms with Gasteiger partial charge in [-0.05, 0) is 74.2 Å². The number of nitrogens with one attached hydrogen (secondary N) is 1. The minimum absolute atomic E-state index is 0.149. The van der Waals surface area contributed by atoms with E-state index in [2.05, 4.69) is 5.32 Å². The Morgan fingerprint density at radius 1 is 1.03 bits per heavy atom. The fourth-order valence-corrected chi connectivity index (χ4v) is 4.99. The van der Waals surface area contributed by atoms with E-state index in [0.29, 0.717) is 26.4 Å². The van der Waals surface area contributed by atoms with Crippen LogP contribution in [0.15, 0.2) is 42.5 Å². The van der Waals surface area contributed by atoms with Crippen LogP contribution in [0.1, 0.15) is 66.3 Å². The van der Waals surface area contributed by atoms with E-state index in [0.717, 1.165) is 48.1 Å². The average molecular weight is 503 g/mol. The maximum Gasteiger partial charge on any atom is 0.272 e. The summed E-state index contributed by atoms with van der Waals surface area (Å²) in [6, 6.07) is 13.1. The molecule has 0 unspecified atom stereocenters. The van der Waals surface area contributed by atoms with Crippen molar-refractivity contribution in [2.75, 3.05) is 0 Å². The van der Waals surface area contributed by atoms with Gasteiger partial charge in [-0.25, -0.2) is 4.68 Å². The first-order valence-corrected chi connectivity index (χ1v) is 12.3. The highest BCUT2D eigenvalue weighted by Crippen LogP contribution is 2.31. The third-order valence-corrected chi connectivity index (χ3v) is 6.83. The van der Waals surface area contributed by atoms with Crippen LogP contribution in [0.2, 0.25) is 15.1 Å². The van der Waals surface area contributed by atoms with Gasteiger partial charge in [0.05, 0.1) is 16.4 Å². The Morgan fingerprint density at radius 2 is 1.70 bits per heavy atom. The zero-order valence-corrected chi connectivity index (χ0v) is 20.9. The van der Waals surface area contributed by atoms with E-state index in [1.165, 1.54) is 6.42 Å². The van der Waals surface area contributed by atoms with Gasteiger partial charge >= 0.3 is 0 Å². The Morgan fingerprint density at radius 3 is 2.36 bits per heavy atom. The Kier molecular flexibility index (Phi) is 7.48. The molecule has 1 heterocycles. The molecule has 4 nitrogen and oxygen atoms in total. The first-order chi connectivity index (χ1) is 15.8. The van der Waals surface area contributed by atoms with Crippen molar-refractivity contribution in [2.45, 2.75) is 52.0 Å². The minimum atomic E-state index is -0.149. The standard InChI is InChI=1S/C26H26Cl3N3O/c1-16(14-18-8-10-19(27)11-9-18)25-17(2)24(26(33)30-21-6-4-3-5-7-21)31-32(25)23-13-12-20(28)15-22(23)29/h8-15,21H,3-7H2,1-2H3,(H,30,33)/b16-14+. The molecule has 0 atom stereocenters. The predicted molar refractivity (Wildman–Crippen MR) is 138 cm³/mol. The van der Waals surface area contributed by atoms with Gasteiger partial charge in [0.25, 0.3) is 5.91 Å². The second-order valence-corrected chi connectivity index (χ2v) is 9.80. The maximum absolute atomic E-state index is 13.2.